The Morgan fingerprint density at radius 3 is 2.59 bits per heavy atom. The van der Waals surface area contributed by atoms with Crippen LogP contribution in [0.1, 0.15) is 16.1 Å². The fraction of sp³-hybridized carbons (Fsp3) is 0.227. The van der Waals surface area contributed by atoms with E-state index in [1.807, 2.05) is 47.4 Å². The summed E-state index contributed by atoms with van der Waals surface area (Å²) in [6.07, 6.45) is 4.35. The Morgan fingerprint density at radius 1 is 1.04 bits per heavy atom. The molecule has 0 saturated carbocycles. The van der Waals surface area contributed by atoms with E-state index in [1.165, 1.54) is 5.56 Å². The van der Waals surface area contributed by atoms with E-state index in [4.69, 9.17) is 0 Å². The van der Waals surface area contributed by atoms with Gasteiger partial charge in [0.25, 0.3) is 5.91 Å². The lowest BCUT2D eigenvalue weighted by atomic mass is 10.2. The number of hydrogen-bond acceptors (Lipinski definition) is 2. The summed E-state index contributed by atoms with van der Waals surface area (Å²) in [6, 6.07) is 18.3. The number of carbonyl (C=O) groups excluding carboxylic acids is 1. The second kappa shape index (κ2) is 8.11. The molecular weight excluding hydrogens is 402 g/mol. The highest BCUT2D eigenvalue weighted by atomic mass is 79.9. The lowest BCUT2D eigenvalue weighted by molar-refractivity contribution is 0.0645. The minimum absolute atomic E-state index is 0.0850. The largest absolute Gasteiger partial charge is 0.350 e. The number of nitrogens with one attached hydrogen (secondary N) is 1. The average molecular weight is 424 g/mol. The predicted octanol–water partition coefficient (Wildman–Crippen LogP) is 4.40. The lowest BCUT2D eigenvalue weighted by Crippen LogP contribution is -2.48. The third-order valence-corrected chi connectivity index (χ3v) is 5.44. The molecule has 1 N–H and O–H groups in total. The van der Waals surface area contributed by atoms with Crippen LogP contribution in [0.5, 0.6) is 0 Å². The summed E-state index contributed by atoms with van der Waals surface area (Å²) < 4.78 is 1.01. The normalized spacial score (nSPS) is 15.7. The SMILES string of the molecule is O=C(c1cc2ccc(Br)cc2[nH]1)N1CCN(CC=Cc2ccccc2)CC1. The van der Waals surface area contributed by atoms with E-state index < -0.39 is 0 Å². The molecule has 0 spiro atoms. The molecule has 138 valence electrons. The molecule has 1 aliphatic heterocycles. The first kappa shape index (κ1) is 18.0. The molecule has 1 aromatic heterocycles. The van der Waals surface area contributed by atoms with E-state index in [1.54, 1.807) is 0 Å². The van der Waals surface area contributed by atoms with Gasteiger partial charge in [0.1, 0.15) is 5.69 Å². The van der Waals surface area contributed by atoms with E-state index in [0.29, 0.717) is 5.69 Å². The Morgan fingerprint density at radius 2 is 1.81 bits per heavy atom. The van der Waals surface area contributed by atoms with Gasteiger partial charge in [0, 0.05) is 48.1 Å². The fourth-order valence-electron chi connectivity index (χ4n) is 3.42. The number of halogens is 1. The Hall–Kier alpha value is -2.37. The van der Waals surface area contributed by atoms with Gasteiger partial charge in [-0.2, -0.15) is 0 Å². The van der Waals surface area contributed by atoms with Gasteiger partial charge in [0.2, 0.25) is 0 Å². The van der Waals surface area contributed by atoms with Crippen LogP contribution in [0.4, 0.5) is 0 Å². The highest BCUT2D eigenvalue weighted by molar-refractivity contribution is 9.10. The monoisotopic (exact) mass is 423 g/mol. The van der Waals surface area contributed by atoms with Gasteiger partial charge in [-0.3, -0.25) is 9.69 Å². The second-order valence-electron chi connectivity index (χ2n) is 6.82. The van der Waals surface area contributed by atoms with Gasteiger partial charge in [0.05, 0.1) is 0 Å². The van der Waals surface area contributed by atoms with Crippen LogP contribution in [-0.2, 0) is 0 Å². The number of aromatic nitrogens is 1. The standard InChI is InChI=1S/C22H22BrN3O/c23-19-9-8-18-15-21(24-20(18)16-19)22(27)26-13-11-25(12-14-26)10-4-7-17-5-2-1-3-6-17/h1-9,15-16,24H,10-14H2. The molecule has 1 saturated heterocycles. The van der Waals surface area contributed by atoms with Gasteiger partial charge in [-0.15, -0.1) is 0 Å². The highest BCUT2D eigenvalue weighted by Gasteiger charge is 2.22. The summed E-state index contributed by atoms with van der Waals surface area (Å²) in [4.78, 5) is 20.4. The fourth-order valence-corrected chi connectivity index (χ4v) is 3.78. The third kappa shape index (κ3) is 4.31. The maximum absolute atomic E-state index is 12.8. The molecule has 0 radical (unpaired) electrons. The van der Waals surface area contributed by atoms with Crippen molar-refractivity contribution in [2.24, 2.45) is 0 Å². The molecule has 1 aliphatic rings. The zero-order valence-electron chi connectivity index (χ0n) is 15.1. The van der Waals surface area contributed by atoms with Crippen LogP contribution in [0, 0.1) is 0 Å². The molecule has 0 aliphatic carbocycles. The minimum Gasteiger partial charge on any atom is -0.350 e. The molecule has 3 aromatic rings. The summed E-state index contributed by atoms with van der Waals surface area (Å²) in [6.45, 7) is 4.23. The molecule has 0 atom stereocenters. The first-order chi connectivity index (χ1) is 13.2. The van der Waals surface area contributed by atoms with E-state index >= 15 is 0 Å². The third-order valence-electron chi connectivity index (χ3n) is 4.95. The number of piperazine rings is 1. The Bertz CT molecular complexity index is 956. The number of fused-ring (bicyclic) bond motifs is 1. The van der Waals surface area contributed by atoms with E-state index in [0.717, 1.165) is 48.1 Å². The molecule has 4 nitrogen and oxygen atoms in total. The van der Waals surface area contributed by atoms with Crippen molar-refractivity contribution in [3.05, 3.63) is 76.4 Å². The van der Waals surface area contributed by atoms with Gasteiger partial charge < -0.3 is 9.88 Å². The number of carbonyl (C=O) groups is 1. The van der Waals surface area contributed by atoms with Crippen LogP contribution in [0.15, 0.2) is 65.1 Å². The summed E-state index contributed by atoms with van der Waals surface area (Å²) in [5.41, 5.74) is 2.87. The molecule has 1 amide bonds. The summed E-state index contributed by atoms with van der Waals surface area (Å²) in [7, 11) is 0. The molecule has 4 rings (SSSR count). The molecular formula is C22H22BrN3O. The van der Waals surface area contributed by atoms with Crippen molar-refractivity contribution < 1.29 is 4.79 Å². The van der Waals surface area contributed by atoms with Crippen LogP contribution in [0.3, 0.4) is 0 Å². The zero-order valence-corrected chi connectivity index (χ0v) is 16.7. The van der Waals surface area contributed by atoms with E-state index in [-0.39, 0.29) is 5.91 Å². The topological polar surface area (TPSA) is 39.3 Å². The first-order valence-electron chi connectivity index (χ1n) is 9.20. The van der Waals surface area contributed by atoms with Crippen LogP contribution in [0.25, 0.3) is 17.0 Å². The van der Waals surface area contributed by atoms with Crippen molar-refractivity contribution in [2.75, 3.05) is 32.7 Å². The van der Waals surface area contributed by atoms with E-state index in [2.05, 4.69) is 50.1 Å². The predicted molar refractivity (Wildman–Crippen MR) is 114 cm³/mol. The maximum Gasteiger partial charge on any atom is 0.270 e. The quantitative estimate of drug-likeness (QED) is 0.675. The number of rotatable bonds is 4. The lowest BCUT2D eigenvalue weighted by Gasteiger charge is -2.33. The highest BCUT2D eigenvalue weighted by Crippen LogP contribution is 2.21. The average Bonchev–Trinajstić information content (AvgIpc) is 3.12. The Labute approximate surface area is 167 Å². The van der Waals surface area contributed by atoms with E-state index in [9.17, 15) is 4.79 Å². The number of amides is 1. The van der Waals surface area contributed by atoms with Gasteiger partial charge in [-0.1, -0.05) is 64.5 Å². The van der Waals surface area contributed by atoms with Crippen molar-refractivity contribution in [2.45, 2.75) is 0 Å². The minimum atomic E-state index is 0.0850. The summed E-state index contributed by atoms with van der Waals surface area (Å²) in [5, 5.41) is 1.06. The molecule has 0 unspecified atom stereocenters. The van der Waals surface area contributed by atoms with Crippen LogP contribution in [0.2, 0.25) is 0 Å². The molecule has 2 aromatic carbocycles. The van der Waals surface area contributed by atoms with Gasteiger partial charge in [0.15, 0.2) is 0 Å². The molecule has 5 heteroatoms. The van der Waals surface area contributed by atoms with Crippen molar-refractivity contribution in [3.8, 4) is 0 Å². The summed E-state index contributed by atoms with van der Waals surface area (Å²) in [5.74, 6) is 0.0850. The second-order valence-corrected chi connectivity index (χ2v) is 7.74. The Kier molecular flexibility index (Phi) is 5.41. The number of aromatic amines is 1. The van der Waals surface area contributed by atoms with Gasteiger partial charge >= 0.3 is 0 Å². The maximum atomic E-state index is 12.8. The van der Waals surface area contributed by atoms with Crippen LogP contribution in [-0.4, -0.2) is 53.4 Å². The molecule has 1 fully saturated rings. The van der Waals surface area contributed by atoms with Crippen molar-refractivity contribution in [1.82, 2.24) is 14.8 Å². The number of H-pyrrole nitrogens is 1. The molecule has 27 heavy (non-hydrogen) atoms. The van der Waals surface area contributed by atoms with Crippen molar-refractivity contribution >= 4 is 38.8 Å². The summed E-state index contributed by atoms with van der Waals surface area (Å²) >= 11 is 3.47. The van der Waals surface area contributed by atoms with Gasteiger partial charge in [-0.25, -0.2) is 0 Å². The smallest absolute Gasteiger partial charge is 0.270 e. The number of benzene rings is 2. The van der Waals surface area contributed by atoms with Crippen molar-refractivity contribution in [3.63, 3.8) is 0 Å². The Balaban J connectivity index is 1.33. The van der Waals surface area contributed by atoms with Crippen LogP contribution < -0.4 is 0 Å². The number of nitrogens with zero attached hydrogens (tertiary/aromatic N) is 2. The van der Waals surface area contributed by atoms with Gasteiger partial charge in [-0.05, 0) is 23.8 Å². The van der Waals surface area contributed by atoms with Crippen LogP contribution >= 0.6 is 15.9 Å². The molecule has 0 bridgehead atoms. The zero-order chi connectivity index (χ0) is 18.6. The first-order valence-corrected chi connectivity index (χ1v) is 10.00. The number of hydrogen-bond donors (Lipinski definition) is 1. The molecule has 2 heterocycles. The van der Waals surface area contributed by atoms with Crippen molar-refractivity contribution in [1.29, 1.82) is 0 Å².